The standard InChI is InChI=1S/C18H24S2/c1-17(2,3)14-12-19-16(15(14)18(4,5)6)20-13-10-8-7-9-11-13/h7-12H,1-6H3. The molecule has 2 heteroatoms. The van der Waals surface area contributed by atoms with E-state index in [1.165, 1.54) is 20.2 Å². The fraction of sp³-hybridized carbons (Fsp3) is 0.444. The zero-order chi connectivity index (χ0) is 15.0. The maximum Gasteiger partial charge on any atom is 0.0686 e. The summed E-state index contributed by atoms with van der Waals surface area (Å²) in [6, 6.07) is 10.7. The van der Waals surface area contributed by atoms with Crippen molar-refractivity contribution in [3.63, 3.8) is 0 Å². The molecule has 0 radical (unpaired) electrons. The molecular weight excluding hydrogens is 280 g/mol. The van der Waals surface area contributed by atoms with E-state index in [2.05, 4.69) is 77.3 Å². The maximum atomic E-state index is 2.35. The van der Waals surface area contributed by atoms with E-state index in [0.717, 1.165) is 0 Å². The van der Waals surface area contributed by atoms with Gasteiger partial charge in [0.2, 0.25) is 0 Å². The molecule has 0 aliphatic carbocycles. The number of hydrogen-bond acceptors (Lipinski definition) is 2. The highest BCUT2D eigenvalue weighted by atomic mass is 32.2. The summed E-state index contributed by atoms with van der Waals surface area (Å²) in [7, 11) is 0. The van der Waals surface area contributed by atoms with Crippen LogP contribution < -0.4 is 0 Å². The summed E-state index contributed by atoms with van der Waals surface area (Å²) in [5.41, 5.74) is 3.39. The maximum absolute atomic E-state index is 2.35. The quantitative estimate of drug-likeness (QED) is 0.610. The number of hydrogen-bond donors (Lipinski definition) is 0. The van der Waals surface area contributed by atoms with Crippen molar-refractivity contribution < 1.29 is 0 Å². The first kappa shape index (κ1) is 15.7. The monoisotopic (exact) mass is 304 g/mol. The van der Waals surface area contributed by atoms with Crippen LogP contribution in [0.4, 0.5) is 0 Å². The van der Waals surface area contributed by atoms with Crippen LogP contribution in [0.25, 0.3) is 0 Å². The fourth-order valence-corrected chi connectivity index (χ4v) is 5.15. The van der Waals surface area contributed by atoms with Crippen molar-refractivity contribution in [2.75, 3.05) is 0 Å². The molecule has 0 bridgehead atoms. The molecular formula is C18H24S2. The van der Waals surface area contributed by atoms with Crippen molar-refractivity contribution in [3.05, 3.63) is 46.8 Å². The third-order valence-corrected chi connectivity index (χ3v) is 5.48. The minimum Gasteiger partial charge on any atom is -0.136 e. The molecule has 108 valence electrons. The Bertz CT molecular complexity index is 566. The van der Waals surface area contributed by atoms with E-state index in [1.807, 2.05) is 23.1 Å². The molecule has 0 atom stereocenters. The van der Waals surface area contributed by atoms with E-state index in [1.54, 1.807) is 0 Å². The number of thiophene rings is 1. The van der Waals surface area contributed by atoms with Gasteiger partial charge in [-0.2, -0.15) is 0 Å². The predicted molar refractivity (Wildman–Crippen MR) is 92.3 cm³/mol. The lowest BCUT2D eigenvalue weighted by molar-refractivity contribution is 0.527. The lowest BCUT2D eigenvalue weighted by Gasteiger charge is -2.28. The molecule has 0 amide bonds. The zero-order valence-corrected chi connectivity index (χ0v) is 14.9. The summed E-state index contributed by atoms with van der Waals surface area (Å²) in [6.07, 6.45) is 0. The Morgan fingerprint density at radius 1 is 0.850 bits per heavy atom. The minimum atomic E-state index is 0.180. The van der Waals surface area contributed by atoms with Crippen molar-refractivity contribution in [1.29, 1.82) is 0 Å². The molecule has 0 aliphatic heterocycles. The van der Waals surface area contributed by atoms with Gasteiger partial charge in [-0.05, 0) is 39.5 Å². The summed E-state index contributed by atoms with van der Waals surface area (Å²) < 4.78 is 1.44. The Morgan fingerprint density at radius 2 is 1.45 bits per heavy atom. The van der Waals surface area contributed by atoms with Gasteiger partial charge in [0.25, 0.3) is 0 Å². The summed E-state index contributed by atoms with van der Waals surface area (Å²) in [4.78, 5) is 1.32. The van der Waals surface area contributed by atoms with Crippen LogP contribution in [0.1, 0.15) is 52.7 Å². The molecule has 0 N–H and O–H groups in total. The molecule has 20 heavy (non-hydrogen) atoms. The first-order valence-electron chi connectivity index (χ1n) is 7.05. The lowest BCUT2D eigenvalue weighted by Crippen LogP contribution is -2.20. The highest BCUT2D eigenvalue weighted by Gasteiger charge is 2.29. The van der Waals surface area contributed by atoms with Crippen molar-refractivity contribution in [1.82, 2.24) is 0 Å². The van der Waals surface area contributed by atoms with Gasteiger partial charge in [0.15, 0.2) is 0 Å². The largest absolute Gasteiger partial charge is 0.136 e. The van der Waals surface area contributed by atoms with Crippen LogP contribution in [0.2, 0.25) is 0 Å². The van der Waals surface area contributed by atoms with Gasteiger partial charge in [-0.3, -0.25) is 0 Å². The van der Waals surface area contributed by atoms with E-state index in [9.17, 15) is 0 Å². The van der Waals surface area contributed by atoms with Crippen LogP contribution >= 0.6 is 23.1 Å². The smallest absolute Gasteiger partial charge is 0.0686 e. The molecule has 2 aromatic rings. The molecule has 1 heterocycles. The van der Waals surface area contributed by atoms with Gasteiger partial charge >= 0.3 is 0 Å². The van der Waals surface area contributed by atoms with Gasteiger partial charge in [0, 0.05) is 4.90 Å². The van der Waals surface area contributed by atoms with Gasteiger partial charge in [0.05, 0.1) is 4.21 Å². The highest BCUT2D eigenvalue weighted by molar-refractivity contribution is 8.01. The fourth-order valence-electron chi connectivity index (χ4n) is 2.27. The summed E-state index contributed by atoms with van der Waals surface area (Å²) in [5.74, 6) is 0. The second-order valence-corrected chi connectivity index (χ2v) is 9.45. The van der Waals surface area contributed by atoms with Crippen molar-refractivity contribution in [2.45, 2.75) is 61.5 Å². The summed E-state index contributed by atoms with van der Waals surface area (Å²) in [5, 5.41) is 2.35. The Kier molecular flexibility index (Phi) is 4.36. The average Bonchev–Trinajstić information content (AvgIpc) is 2.73. The van der Waals surface area contributed by atoms with Crippen molar-refractivity contribution in [2.24, 2.45) is 0 Å². The van der Waals surface area contributed by atoms with Crippen molar-refractivity contribution in [3.8, 4) is 0 Å². The zero-order valence-electron chi connectivity index (χ0n) is 13.3. The first-order valence-corrected chi connectivity index (χ1v) is 8.74. The van der Waals surface area contributed by atoms with Crippen molar-refractivity contribution >= 4 is 23.1 Å². The normalized spacial score (nSPS) is 12.7. The third kappa shape index (κ3) is 3.48. The van der Waals surface area contributed by atoms with E-state index in [0.29, 0.717) is 0 Å². The van der Waals surface area contributed by atoms with E-state index < -0.39 is 0 Å². The highest BCUT2D eigenvalue weighted by Crippen LogP contribution is 2.46. The molecule has 0 saturated carbocycles. The molecule has 0 fully saturated rings. The van der Waals surface area contributed by atoms with Crippen LogP contribution in [-0.4, -0.2) is 0 Å². The second kappa shape index (κ2) is 5.57. The van der Waals surface area contributed by atoms with Gasteiger partial charge < -0.3 is 0 Å². The topological polar surface area (TPSA) is 0 Å². The Morgan fingerprint density at radius 3 is 1.95 bits per heavy atom. The van der Waals surface area contributed by atoms with Gasteiger partial charge in [-0.1, -0.05) is 71.5 Å². The first-order chi connectivity index (χ1) is 9.19. The van der Waals surface area contributed by atoms with Crippen LogP contribution in [0.15, 0.2) is 44.8 Å². The SMILES string of the molecule is CC(C)(C)c1csc(Sc2ccccc2)c1C(C)(C)C. The molecule has 0 saturated heterocycles. The van der Waals surface area contributed by atoms with Crippen LogP contribution in [0, 0.1) is 0 Å². The van der Waals surface area contributed by atoms with Gasteiger partial charge in [-0.25, -0.2) is 0 Å². The number of rotatable bonds is 2. The van der Waals surface area contributed by atoms with Gasteiger partial charge in [-0.15, -0.1) is 11.3 Å². The molecule has 0 nitrogen and oxygen atoms in total. The van der Waals surface area contributed by atoms with Gasteiger partial charge in [0.1, 0.15) is 0 Å². The molecule has 0 spiro atoms. The second-order valence-electron chi connectivity index (χ2n) is 7.23. The predicted octanol–water partition coefficient (Wildman–Crippen LogP) is 6.49. The Balaban J connectivity index is 2.47. The van der Waals surface area contributed by atoms with Crippen LogP contribution in [0.5, 0.6) is 0 Å². The van der Waals surface area contributed by atoms with E-state index in [4.69, 9.17) is 0 Å². The molecule has 1 aromatic heterocycles. The van der Waals surface area contributed by atoms with Crippen LogP contribution in [0.3, 0.4) is 0 Å². The summed E-state index contributed by atoms with van der Waals surface area (Å²) >= 11 is 3.78. The third-order valence-electron chi connectivity index (χ3n) is 3.27. The Labute approximate surface area is 131 Å². The summed E-state index contributed by atoms with van der Waals surface area (Å²) in [6.45, 7) is 13.9. The average molecular weight is 305 g/mol. The van der Waals surface area contributed by atoms with E-state index in [-0.39, 0.29) is 10.8 Å². The number of benzene rings is 1. The van der Waals surface area contributed by atoms with Crippen LogP contribution in [-0.2, 0) is 10.8 Å². The molecule has 0 aliphatic rings. The molecule has 0 unspecified atom stereocenters. The molecule has 2 rings (SSSR count). The molecule has 1 aromatic carbocycles. The minimum absolute atomic E-state index is 0.180. The Hall–Kier alpha value is -0.730. The lowest BCUT2D eigenvalue weighted by atomic mass is 9.78. The van der Waals surface area contributed by atoms with E-state index >= 15 is 0 Å².